The first kappa shape index (κ1) is 38.3. The Morgan fingerprint density at radius 2 is 1.47 bits per heavy atom. The minimum atomic E-state index is -5.08. The van der Waals surface area contributed by atoms with Crippen LogP contribution in [0.3, 0.4) is 0 Å². The van der Waals surface area contributed by atoms with E-state index in [-0.39, 0.29) is 40.7 Å². The number of benzene rings is 1. The molecule has 1 fully saturated rings. The van der Waals surface area contributed by atoms with Gasteiger partial charge in [-0.1, -0.05) is 0 Å². The number of carboxylic acids is 2. The number of nitriles is 1. The number of carbonyl (C=O) groups is 3. The summed E-state index contributed by atoms with van der Waals surface area (Å²) >= 11 is 0. The first-order valence-electron chi connectivity index (χ1n) is 11.8. The van der Waals surface area contributed by atoms with Gasteiger partial charge in [0.2, 0.25) is 0 Å². The lowest BCUT2D eigenvalue weighted by molar-refractivity contribution is -0.193. The summed E-state index contributed by atoms with van der Waals surface area (Å²) in [6.07, 6.45) is -13.4. The van der Waals surface area contributed by atoms with Crippen LogP contribution in [0.2, 0.25) is 0 Å². The number of halogens is 11. The van der Waals surface area contributed by atoms with Crippen LogP contribution in [0.5, 0.6) is 0 Å². The van der Waals surface area contributed by atoms with Crippen molar-refractivity contribution in [3.8, 4) is 17.2 Å². The van der Waals surface area contributed by atoms with Crippen LogP contribution in [0, 0.1) is 23.0 Å². The zero-order chi connectivity index (χ0) is 35.1. The molecule has 2 atom stereocenters. The molecular weight excluding hydrogens is 647 g/mol. The van der Waals surface area contributed by atoms with E-state index in [1.54, 1.807) is 4.90 Å². The van der Waals surface area contributed by atoms with Crippen LogP contribution in [0.15, 0.2) is 24.4 Å². The van der Waals surface area contributed by atoms with E-state index in [4.69, 9.17) is 25.5 Å². The van der Waals surface area contributed by atoms with Crippen molar-refractivity contribution >= 4 is 23.5 Å². The number of aromatic nitrogens is 1. The Morgan fingerprint density at radius 1 is 1.00 bits per heavy atom. The van der Waals surface area contributed by atoms with E-state index in [1.807, 2.05) is 11.4 Å². The number of pyridine rings is 1. The van der Waals surface area contributed by atoms with Gasteiger partial charge in [-0.15, -0.1) is 0 Å². The molecular formula is C24H20F11N5O5. The van der Waals surface area contributed by atoms with Crippen LogP contribution >= 0.6 is 0 Å². The number of carboxylic acid groups (broad SMARTS) is 2. The van der Waals surface area contributed by atoms with Gasteiger partial charge in [-0.2, -0.15) is 44.8 Å². The fourth-order valence-electron chi connectivity index (χ4n) is 3.40. The fraction of sp³-hybridized carbons (Fsp3) is 0.375. The van der Waals surface area contributed by atoms with Gasteiger partial charge in [0.1, 0.15) is 29.4 Å². The lowest BCUT2D eigenvalue weighted by atomic mass is 9.97. The fourth-order valence-corrected chi connectivity index (χ4v) is 3.40. The average molecular weight is 667 g/mol. The zero-order valence-electron chi connectivity index (χ0n) is 22.3. The largest absolute Gasteiger partial charge is 0.490 e. The Kier molecular flexibility index (Phi) is 12.6. The first-order valence-corrected chi connectivity index (χ1v) is 11.8. The van der Waals surface area contributed by atoms with Crippen molar-refractivity contribution in [3.63, 3.8) is 0 Å². The van der Waals surface area contributed by atoms with E-state index in [2.05, 4.69) is 4.98 Å². The Labute approximate surface area is 244 Å². The van der Waals surface area contributed by atoms with E-state index in [9.17, 15) is 58.4 Å². The Morgan fingerprint density at radius 3 is 1.82 bits per heavy atom. The van der Waals surface area contributed by atoms with Crippen LogP contribution in [0.25, 0.3) is 11.1 Å². The minimum absolute atomic E-state index is 0.0522. The standard InChI is InChI=1S/C20H18F5N5O.2C2HF3O2/c1-10(20(23,24)25)29-19(31)15-8-28-16(7-26)17(11-4-12(21)6-13(22)5-11)18(15)30-3-2-14(27)9-30;2*3-2(4,5)1(6)7/h4-6,8,10,14H,2-3,9,27H2,1H3,(H,29,31);2*(H,6,7)/t10?,14-;;/m0../s1. The molecule has 1 amide bonds. The number of hydrogen-bond donors (Lipinski definition) is 4. The molecule has 1 aromatic heterocycles. The van der Waals surface area contributed by atoms with Gasteiger partial charge >= 0.3 is 30.5 Å². The van der Waals surface area contributed by atoms with Crippen molar-refractivity contribution in [2.75, 3.05) is 18.0 Å². The number of carbonyl (C=O) groups excluding carboxylic acids is 1. The van der Waals surface area contributed by atoms with Gasteiger partial charge in [0.05, 0.1) is 11.3 Å². The van der Waals surface area contributed by atoms with Crippen LogP contribution in [0.4, 0.5) is 54.0 Å². The molecule has 0 saturated carbocycles. The number of alkyl halides is 9. The molecule has 0 bridgehead atoms. The molecule has 1 aromatic carbocycles. The molecule has 21 heteroatoms. The quantitative estimate of drug-likeness (QED) is 0.346. The van der Waals surface area contributed by atoms with Crippen molar-refractivity contribution in [1.29, 1.82) is 5.26 Å². The molecule has 3 rings (SSSR count). The Hall–Kier alpha value is -4.74. The number of anilines is 1. The topological polar surface area (TPSA) is 170 Å². The van der Waals surface area contributed by atoms with E-state index in [1.165, 1.54) is 0 Å². The molecule has 1 saturated heterocycles. The van der Waals surface area contributed by atoms with Gasteiger partial charge in [0.15, 0.2) is 0 Å². The lowest BCUT2D eigenvalue weighted by Crippen LogP contribution is -2.43. The highest BCUT2D eigenvalue weighted by Crippen LogP contribution is 2.38. The zero-order valence-corrected chi connectivity index (χ0v) is 22.3. The molecule has 2 aromatic rings. The van der Waals surface area contributed by atoms with Gasteiger partial charge in [-0.25, -0.2) is 23.4 Å². The van der Waals surface area contributed by atoms with Crippen LogP contribution in [-0.4, -0.2) is 76.7 Å². The van der Waals surface area contributed by atoms with Crippen LogP contribution in [0.1, 0.15) is 29.4 Å². The molecule has 0 spiro atoms. The van der Waals surface area contributed by atoms with E-state index < -0.39 is 54.1 Å². The maximum Gasteiger partial charge on any atom is 0.490 e. The Balaban J connectivity index is 0.000000601. The molecule has 10 nitrogen and oxygen atoms in total. The second-order valence-electron chi connectivity index (χ2n) is 8.85. The molecule has 2 heterocycles. The van der Waals surface area contributed by atoms with Gasteiger partial charge in [0, 0.05) is 37.0 Å². The minimum Gasteiger partial charge on any atom is -0.475 e. The summed E-state index contributed by atoms with van der Waals surface area (Å²) in [6.45, 7) is 1.34. The molecule has 0 radical (unpaired) electrons. The summed E-state index contributed by atoms with van der Waals surface area (Å²) in [6, 6.07) is 1.92. The molecule has 1 unspecified atom stereocenters. The summed E-state index contributed by atoms with van der Waals surface area (Å²) in [7, 11) is 0. The number of hydrogen-bond acceptors (Lipinski definition) is 7. The summed E-state index contributed by atoms with van der Waals surface area (Å²) < 4.78 is 130. The SMILES string of the molecule is CC(NC(=O)c1cnc(C#N)c(-c2cc(F)cc(F)c2)c1N1CC[C@H](N)C1)C(F)(F)F.O=C(O)C(F)(F)F.O=C(O)C(F)(F)F. The predicted molar refractivity (Wildman–Crippen MR) is 129 cm³/mol. The molecule has 1 aliphatic rings. The van der Waals surface area contributed by atoms with Gasteiger partial charge in [-0.3, -0.25) is 4.79 Å². The normalized spacial score (nSPS) is 15.5. The smallest absolute Gasteiger partial charge is 0.475 e. The highest BCUT2D eigenvalue weighted by Gasteiger charge is 2.40. The number of amides is 1. The monoisotopic (exact) mass is 667 g/mol. The summed E-state index contributed by atoms with van der Waals surface area (Å²) in [4.78, 5) is 36.0. The van der Waals surface area contributed by atoms with Crippen molar-refractivity contribution in [2.45, 2.75) is 44.0 Å². The van der Waals surface area contributed by atoms with Crippen molar-refractivity contribution < 1.29 is 72.9 Å². The highest BCUT2D eigenvalue weighted by atomic mass is 19.4. The van der Waals surface area contributed by atoms with Gasteiger partial charge < -0.3 is 26.2 Å². The summed E-state index contributed by atoms with van der Waals surface area (Å²) in [5, 5.41) is 25.6. The summed E-state index contributed by atoms with van der Waals surface area (Å²) in [5.41, 5.74) is 5.37. The number of rotatable bonds is 4. The van der Waals surface area contributed by atoms with Crippen molar-refractivity contribution in [3.05, 3.63) is 47.3 Å². The van der Waals surface area contributed by atoms with E-state index >= 15 is 0 Å². The summed E-state index contributed by atoms with van der Waals surface area (Å²) in [5.74, 6) is -8.46. The van der Waals surface area contributed by atoms with E-state index in [0.717, 1.165) is 25.3 Å². The van der Waals surface area contributed by atoms with Crippen molar-refractivity contribution in [1.82, 2.24) is 10.3 Å². The van der Waals surface area contributed by atoms with Gasteiger partial charge in [0.25, 0.3) is 5.91 Å². The number of nitrogens with zero attached hydrogens (tertiary/aromatic N) is 3. The maximum absolute atomic E-state index is 13.9. The van der Waals surface area contributed by atoms with Crippen LogP contribution < -0.4 is 16.0 Å². The second-order valence-corrected chi connectivity index (χ2v) is 8.85. The number of nitrogens with one attached hydrogen (secondary N) is 1. The van der Waals surface area contributed by atoms with Crippen molar-refractivity contribution in [2.24, 2.45) is 5.73 Å². The highest BCUT2D eigenvalue weighted by molar-refractivity contribution is 6.04. The lowest BCUT2D eigenvalue weighted by Gasteiger charge is -2.26. The van der Waals surface area contributed by atoms with E-state index in [0.29, 0.717) is 19.0 Å². The molecule has 45 heavy (non-hydrogen) atoms. The Bertz CT molecular complexity index is 1390. The van der Waals surface area contributed by atoms with Gasteiger partial charge in [-0.05, 0) is 31.0 Å². The third-order valence-corrected chi connectivity index (χ3v) is 5.42. The maximum atomic E-state index is 13.9. The molecule has 0 aliphatic carbocycles. The second kappa shape index (κ2) is 14.8. The molecule has 5 N–H and O–H groups in total. The first-order chi connectivity index (χ1) is 20.4. The molecule has 1 aliphatic heterocycles. The third-order valence-electron chi connectivity index (χ3n) is 5.42. The number of aliphatic carboxylic acids is 2. The predicted octanol–water partition coefficient (Wildman–Crippen LogP) is 4.38. The molecule has 248 valence electrons. The van der Waals surface area contributed by atoms with Crippen LogP contribution in [-0.2, 0) is 9.59 Å². The number of nitrogens with two attached hydrogens (primary N) is 1. The average Bonchev–Trinajstić information content (AvgIpc) is 3.32. The third kappa shape index (κ3) is 11.4.